The molecule has 1 amide bonds. The molecule has 1 aromatic heterocycles. The second-order valence-corrected chi connectivity index (χ2v) is 10.1. The zero-order chi connectivity index (χ0) is 27.8. The Hall–Kier alpha value is -4.42. The van der Waals surface area contributed by atoms with Crippen LogP contribution in [0.1, 0.15) is 48.0 Å². The molecule has 4 rings (SSSR count). The molecule has 8 nitrogen and oxygen atoms in total. The van der Waals surface area contributed by atoms with Crippen molar-refractivity contribution in [2.45, 2.75) is 32.1 Å². The number of anilines is 1. The largest absolute Gasteiger partial charge is 0.493 e. The highest BCUT2D eigenvalue weighted by atomic mass is 32.1. The maximum absolute atomic E-state index is 13.1. The Morgan fingerprint density at radius 3 is 2.41 bits per heavy atom. The third-order valence-electron chi connectivity index (χ3n) is 6.44. The van der Waals surface area contributed by atoms with Gasteiger partial charge in [0.2, 0.25) is 0 Å². The fourth-order valence-corrected chi connectivity index (χ4v) is 5.41. The first-order chi connectivity index (χ1) is 18.9. The van der Waals surface area contributed by atoms with Crippen LogP contribution in [0.2, 0.25) is 0 Å². The minimum atomic E-state index is -0.684. The first kappa shape index (κ1) is 27.6. The number of benzene rings is 2. The lowest BCUT2D eigenvalue weighted by atomic mass is 9.89. The summed E-state index contributed by atoms with van der Waals surface area (Å²) in [5.74, 6) is -1.09. The molecule has 1 saturated carbocycles. The van der Waals surface area contributed by atoms with Crippen molar-refractivity contribution in [1.29, 1.82) is 5.26 Å². The molecule has 0 bridgehead atoms. The number of methoxy groups -OCH3 is 2. The van der Waals surface area contributed by atoms with E-state index in [1.807, 2.05) is 36.4 Å². The first-order valence-electron chi connectivity index (χ1n) is 12.5. The number of esters is 2. The van der Waals surface area contributed by atoms with Crippen molar-refractivity contribution in [3.63, 3.8) is 0 Å². The van der Waals surface area contributed by atoms with Crippen LogP contribution in [0.15, 0.2) is 60.2 Å². The summed E-state index contributed by atoms with van der Waals surface area (Å²) in [6, 6.07) is 17.8. The maximum Gasteiger partial charge on any atom is 0.340 e. The van der Waals surface area contributed by atoms with E-state index in [2.05, 4.69) is 5.32 Å². The van der Waals surface area contributed by atoms with Gasteiger partial charge in [-0.05, 0) is 48.2 Å². The number of amides is 1. The van der Waals surface area contributed by atoms with E-state index in [0.717, 1.165) is 42.5 Å². The van der Waals surface area contributed by atoms with E-state index in [1.165, 1.54) is 31.6 Å². The molecule has 0 atom stereocenters. The molecule has 0 unspecified atom stereocenters. The highest BCUT2D eigenvalue weighted by molar-refractivity contribution is 7.20. The fourth-order valence-electron chi connectivity index (χ4n) is 4.36. The van der Waals surface area contributed by atoms with Crippen molar-refractivity contribution < 1.29 is 28.6 Å². The third-order valence-corrected chi connectivity index (χ3v) is 7.54. The van der Waals surface area contributed by atoms with Crippen LogP contribution in [-0.4, -0.2) is 32.1 Å². The summed E-state index contributed by atoms with van der Waals surface area (Å²) in [4.78, 5) is 38.8. The number of carbonyl (C=O) groups excluding carboxylic acids is 3. The van der Waals surface area contributed by atoms with Crippen LogP contribution in [0.5, 0.6) is 11.5 Å². The van der Waals surface area contributed by atoms with Crippen molar-refractivity contribution in [3.05, 3.63) is 71.3 Å². The van der Waals surface area contributed by atoms with Crippen molar-refractivity contribution in [1.82, 2.24) is 0 Å². The second kappa shape index (κ2) is 12.9. The molecule has 200 valence electrons. The molecule has 39 heavy (non-hydrogen) atoms. The molecule has 9 heteroatoms. The van der Waals surface area contributed by atoms with Crippen LogP contribution in [0.4, 0.5) is 5.00 Å². The molecular weight excluding hydrogens is 516 g/mol. The SMILES string of the molecule is COC(=O)c1cc(-c2ccccc2)sc1NC(=O)/C(C#N)=C/c1ccc(OC(=O)C2CCCCC2)c(OC)c1. The summed E-state index contributed by atoms with van der Waals surface area (Å²) in [6.07, 6.45) is 6.19. The van der Waals surface area contributed by atoms with E-state index in [9.17, 15) is 19.6 Å². The molecule has 0 radical (unpaired) electrons. The number of rotatable bonds is 8. The van der Waals surface area contributed by atoms with E-state index >= 15 is 0 Å². The van der Waals surface area contributed by atoms with Crippen LogP contribution < -0.4 is 14.8 Å². The van der Waals surface area contributed by atoms with Crippen LogP contribution in [0, 0.1) is 17.2 Å². The number of nitrogens with zero attached hydrogens (tertiary/aromatic N) is 1. The standard InChI is InChI=1S/C30H28N2O6S/c1-36-25-16-19(13-14-24(25)38-29(34)21-11-7-4-8-12-21)15-22(18-31)27(33)32-28-23(30(35)37-2)17-26(39-28)20-9-5-3-6-10-20/h3,5-6,9-10,13-17,21H,4,7-8,11-12H2,1-2H3,(H,32,33)/b22-15+. The smallest absolute Gasteiger partial charge is 0.340 e. The molecule has 0 aliphatic heterocycles. The normalized spacial score (nSPS) is 13.7. The lowest BCUT2D eigenvalue weighted by molar-refractivity contribution is -0.140. The first-order valence-corrected chi connectivity index (χ1v) is 13.4. The van der Waals surface area contributed by atoms with Crippen LogP contribution in [0.25, 0.3) is 16.5 Å². The van der Waals surface area contributed by atoms with Gasteiger partial charge >= 0.3 is 11.9 Å². The molecule has 2 aromatic carbocycles. The fraction of sp³-hybridized carbons (Fsp3) is 0.267. The van der Waals surface area contributed by atoms with Gasteiger partial charge in [0.25, 0.3) is 5.91 Å². The van der Waals surface area contributed by atoms with Gasteiger partial charge < -0.3 is 19.5 Å². The highest BCUT2D eigenvalue weighted by Gasteiger charge is 2.24. The Bertz CT molecular complexity index is 1430. The van der Waals surface area contributed by atoms with E-state index in [-0.39, 0.29) is 33.8 Å². The van der Waals surface area contributed by atoms with Crippen molar-refractivity contribution in [2.75, 3.05) is 19.5 Å². The zero-order valence-corrected chi connectivity index (χ0v) is 22.5. The average molecular weight is 545 g/mol. The van der Waals surface area contributed by atoms with Crippen LogP contribution in [-0.2, 0) is 14.3 Å². The van der Waals surface area contributed by atoms with Gasteiger partial charge in [0.15, 0.2) is 11.5 Å². The van der Waals surface area contributed by atoms with Gasteiger partial charge in [-0.15, -0.1) is 11.3 Å². The number of hydrogen-bond acceptors (Lipinski definition) is 8. The quantitative estimate of drug-likeness (QED) is 0.154. The Balaban J connectivity index is 1.54. The molecule has 3 aromatic rings. The monoisotopic (exact) mass is 544 g/mol. The number of nitrogens with one attached hydrogen (secondary N) is 1. The molecular formula is C30H28N2O6S. The van der Waals surface area contributed by atoms with Gasteiger partial charge in [0.1, 0.15) is 16.6 Å². The predicted octanol–water partition coefficient (Wildman–Crippen LogP) is 6.24. The van der Waals surface area contributed by atoms with Gasteiger partial charge in [-0.25, -0.2) is 4.79 Å². The Morgan fingerprint density at radius 1 is 1.00 bits per heavy atom. The van der Waals surface area contributed by atoms with Gasteiger partial charge in [-0.1, -0.05) is 55.7 Å². The molecule has 1 aliphatic carbocycles. The Labute approximate surface area is 230 Å². The minimum absolute atomic E-state index is 0.119. The van der Waals surface area contributed by atoms with E-state index in [0.29, 0.717) is 11.3 Å². The van der Waals surface area contributed by atoms with Crippen molar-refractivity contribution in [3.8, 4) is 28.0 Å². The summed E-state index contributed by atoms with van der Waals surface area (Å²) >= 11 is 1.21. The number of thiophene rings is 1. The van der Waals surface area contributed by atoms with E-state index in [1.54, 1.807) is 24.3 Å². The summed E-state index contributed by atoms with van der Waals surface area (Å²) in [6.45, 7) is 0. The average Bonchev–Trinajstić information content (AvgIpc) is 3.40. The number of carbonyl (C=O) groups is 3. The van der Waals surface area contributed by atoms with Gasteiger partial charge in [0.05, 0.1) is 25.7 Å². The topological polar surface area (TPSA) is 115 Å². The summed E-state index contributed by atoms with van der Waals surface area (Å²) in [7, 11) is 2.71. The summed E-state index contributed by atoms with van der Waals surface area (Å²) in [5.41, 5.74) is 1.38. The predicted molar refractivity (Wildman–Crippen MR) is 149 cm³/mol. The van der Waals surface area contributed by atoms with E-state index in [4.69, 9.17) is 14.2 Å². The lowest BCUT2D eigenvalue weighted by Gasteiger charge is -2.20. The Morgan fingerprint density at radius 2 is 1.74 bits per heavy atom. The van der Waals surface area contributed by atoms with Crippen molar-refractivity contribution in [2.24, 2.45) is 5.92 Å². The van der Waals surface area contributed by atoms with E-state index < -0.39 is 11.9 Å². The minimum Gasteiger partial charge on any atom is -0.493 e. The van der Waals surface area contributed by atoms with Crippen LogP contribution in [0.3, 0.4) is 0 Å². The second-order valence-electron chi connectivity index (χ2n) is 9.00. The zero-order valence-electron chi connectivity index (χ0n) is 21.7. The molecule has 1 fully saturated rings. The number of ether oxygens (including phenoxy) is 3. The third kappa shape index (κ3) is 6.72. The van der Waals surface area contributed by atoms with Gasteiger partial charge in [-0.2, -0.15) is 5.26 Å². The Kier molecular flexibility index (Phi) is 9.13. The molecule has 0 spiro atoms. The van der Waals surface area contributed by atoms with Crippen molar-refractivity contribution >= 4 is 40.3 Å². The molecule has 0 saturated heterocycles. The maximum atomic E-state index is 13.1. The highest BCUT2D eigenvalue weighted by Crippen LogP contribution is 2.36. The summed E-state index contributed by atoms with van der Waals surface area (Å²) < 4.78 is 15.9. The van der Waals surface area contributed by atoms with Gasteiger partial charge in [0, 0.05) is 4.88 Å². The summed E-state index contributed by atoms with van der Waals surface area (Å²) in [5, 5.41) is 12.7. The molecule has 1 N–H and O–H groups in total. The number of nitriles is 1. The van der Waals surface area contributed by atoms with Crippen LogP contribution >= 0.6 is 11.3 Å². The molecule has 1 aliphatic rings. The lowest BCUT2D eigenvalue weighted by Crippen LogP contribution is -2.22. The number of hydrogen-bond donors (Lipinski definition) is 1. The van der Waals surface area contributed by atoms with Gasteiger partial charge in [-0.3, -0.25) is 9.59 Å². The molecule has 1 heterocycles.